The lowest BCUT2D eigenvalue weighted by Gasteiger charge is -2.20. The lowest BCUT2D eigenvalue weighted by molar-refractivity contribution is -0.143. The summed E-state index contributed by atoms with van der Waals surface area (Å²) >= 11 is 0. The smallest absolute Gasteiger partial charge is 0.305 e. The molecule has 0 bridgehead atoms. The topological polar surface area (TPSA) is 95.9 Å². The number of rotatable bonds is 76. The standard InChI is InChI=1S/C81H157NO5/c1-3-5-7-9-11-13-15-17-19-20-21-22-23-34-37-40-43-46-49-53-57-61-65-69-73-79(84)78(77-83)82-80(85)74-70-66-62-58-54-50-47-44-41-38-35-32-30-28-26-24-25-27-29-31-33-36-39-42-45-48-52-56-60-64-68-72-76-87-81(86)75-71-67-63-59-55-51-18-16-14-12-10-8-6-4-2/h16,18,69,73,78-79,83-84H,3-15,17,19-68,70-72,74-77H2,1-2H3,(H,82,85)/b18-16-,73-69+. The number of aliphatic hydroxyl groups excluding tert-OH is 2. The summed E-state index contributed by atoms with van der Waals surface area (Å²) in [5.41, 5.74) is 0. The molecule has 0 saturated heterocycles. The van der Waals surface area contributed by atoms with Crippen LogP contribution in [0.4, 0.5) is 0 Å². The van der Waals surface area contributed by atoms with Crippen LogP contribution in [0.25, 0.3) is 0 Å². The third-order valence-corrected chi connectivity index (χ3v) is 19.0. The zero-order chi connectivity index (χ0) is 62.8. The lowest BCUT2D eigenvalue weighted by Crippen LogP contribution is -2.45. The quantitative estimate of drug-likeness (QED) is 0.0320. The van der Waals surface area contributed by atoms with Crippen LogP contribution >= 0.6 is 0 Å². The molecular weight excluding hydrogens is 1070 g/mol. The molecule has 0 aromatic rings. The van der Waals surface area contributed by atoms with Gasteiger partial charge in [0, 0.05) is 12.8 Å². The fraction of sp³-hybridized carbons (Fsp3) is 0.926. The molecule has 0 aromatic carbocycles. The summed E-state index contributed by atoms with van der Waals surface area (Å²) in [6.45, 7) is 4.95. The lowest BCUT2D eigenvalue weighted by atomic mass is 10.0. The summed E-state index contributed by atoms with van der Waals surface area (Å²) in [7, 11) is 0. The van der Waals surface area contributed by atoms with Gasteiger partial charge in [0.2, 0.25) is 5.91 Å². The third kappa shape index (κ3) is 73.3. The Hall–Kier alpha value is -1.66. The average molecular weight is 1230 g/mol. The predicted octanol–water partition coefficient (Wildman–Crippen LogP) is 26.4. The maximum Gasteiger partial charge on any atom is 0.305 e. The molecule has 0 heterocycles. The van der Waals surface area contributed by atoms with Crippen LogP contribution in [-0.4, -0.2) is 47.4 Å². The van der Waals surface area contributed by atoms with Crippen LogP contribution in [0.1, 0.15) is 457 Å². The van der Waals surface area contributed by atoms with Gasteiger partial charge in [-0.15, -0.1) is 0 Å². The molecule has 2 atom stereocenters. The van der Waals surface area contributed by atoms with E-state index < -0.39 is 12.1 Å². The Bertz CT molecular complexity index is 1360. The highest BCUT2D eigenvalue weighted by atomic mass is 16.5. The molecule has 6 heteroatoms. The third-order valence-electron chi connectivity index (χ3n) is 19.0. The van der Waals surface area contributed by atoms with Crippen molar-refractivity contribution in [2.24, 2.45) is 0 Å². The minimum atomic E-state index is -0.843. The van der Waals surface area contributed by atoms with Crippen molar-refractivity contribution in [2.45, 2.75) is 469 Å². The number of ether oxygens (including phenoxy) is 1. The summed E-state index contributed by atoms with van der Waals surface area (Å²) in [6.07, 6.45) is 98.8. The molecule has 0 rings (SSSR count). The molecule has 0 aromatic heterocycles. The Balaban J connectivity index is 3.35. The SMILES string of the molecule is CCCCCCC/C=C\CCCCCCCC(=O)OCCCCCCCCCCCCCCCCCCCCCCCCCCCCCCCCCCC(=O)NC(CO)C(O)/C=C/CCCCCCCCCCCCCCCCCCCCCCCC. The highest BCUT2D eigenvalue weighted by Gasteiger charge is 2.18. The molecule has 2 unspecified atom stereocenters. The molecule has 0 aliphatic carbocycles. The summed E-state index contributed by atoms with van der Waals surface area (Å²) in [4.78, 5) is 24.6. The number of aliphatic hydroxyl groups is 2. The number of carbonyl (C=O) groups excluding carboxylic acids is 2. The predicted molar refractivity (Wildman–Crippen MR) is 384 cm³/mol. The van der Waals surface area contributed by atoms with Gasteiger partial charge in [0.15, 0.2) is 0 Å². The van der Waals surface area contributed by atoms with E-state index in [0.717, 1.165) is 44.9 Å². The normalized spacial score (nSPS) is 12.6. The van der Waals surface area contributed by atoms with Crippen molar-refractivity contribution in [1.82, 2.24) is 5.32 Å². The molecule has 0 spiro atoms. The number of amides is 1. The average Bonchev–Trinajstić information content (AvgIpc) is 3.52. The van der Waals surface area contributed by atoms with Gasteiger partial charge in [-0.25, -0.2) is 0 Å². The van der Waals surface area contributed by atoms with Gasteiger partial charge in [-0.1, -0.05) is 411 Å². The van der Waals surface area contributed by atoms with Crippen LogP contribution in [0.5, 0.6) is 0 Å². The summed E-state index contributed by atoms with van der Waals surface area (Å²) < 4.78 is 5.49. The van der Waals surface area contributed by atoms with Crippen molar-refractivity contribution < 1.29 is 24.5 Å². The molecule has 0 aliphatic rings. The number of hydrogen-bond acceptors (Lipinski definition) is 5. The van der Waals surface area contributed by atoms with E-state index in [0.29, 0.717) is 19.4 Å². The molecule has 87 heavy (non-hydrogen) atoms. The second-order valence-electron chi connectivity index (χ2n) is 27.8. The molecule has 1 amide bonds. The largest absolute Gasteiger partial charge is 0.466 e. The first-order valence-electron chi connectivity index (χ1n) is 40.1. The number of esters is 1. The van der Waals surface area contributed by atoms with Crippen molar-refractivity contribution >= 4 is 11.9 Å². The Labute approximate surface area is 545 Å². The van der Waals surface area contributed by atoms with Crippen LogP contribution in [-0.2, 0) is 14.3 Å². The highest BCUT2D eigenvalue weighted by molar-refractivity contribution is 5.76. The van der Waals surface area contributed by atoms with Crippen molar-refractivity contribution in [2.75, 3.05) is 13.2 Å². The number of carbonyl (C=O) groups is 2. The van der Waals surface area contributed by atoms with Crippen molar-refractivity contribution in [3.63, 3.8) is 0 Å². The van der Waals surface area contributed by atoms with Crippen molar-refractivity contribution in [1.29, 1.82) is 0 Å². The van der Waals surface area contributed by atoms with Gasteiger partial charge in [0.1, 0.15) is 0 Å². The van der Waals surface area contributed by atoms with E-state index >= 15 is 0 Å². The summed E-state index contributed by atoms with van der Waals surface area (Å²) in [6, 6.07) is -0.626. The van der Waals surface area contributed by atoms with E-state index in [9.17, 15) is 19.8 Å². The van der Waals surface area contributed by atoms with E-state index in [1.807, 2.05) is 6.08 Å². The summed E-state index contributed by atoms with van der Waals surface area (Å²) in [5.74, 6) is -0.0447. The molecular formula is C81H157NO5. The van der Waals surface area contributed by atoms with Crippen molar-refractivity contribution in [3.05, 3.63) is 24.3 Å². The zero-order valence-corrected chi connectivity index (χ0v) is 59.3. The Kier molecular flexibility index (Phi) is 75.3. The maximum absolute atomic E-state index is 12.6. The number of hydrogen-bond donors (Lipinski definition) is 3. The molecule has 0 aliphatic heterocycles. The second-order valence-corrected chi connectivity index (χ2v) is 27.8. The van der Waals surface area contributed by atoms with Gasteiger partial charge in [0.25, 0.3) is 0 Å². The summed E-state index contributed by atoms with van der Waals surface area (Å²) in [5, 5.41) is 23.3. The maximum atomic E-state index is 12.6. The van der Waals surface area contributed by atoms with Crippen LogP contribution in [0.15, 0.2) is 24.3 Å². The van der Waals surface area contributed by atoms with Crippen LogP contribution < -0.4 is 5.32 Å². The molecule has 516 valence electrons. The second kappa shape index (κ2) is 76.8. The van der Waals surface area contributed by atoms with Gasteiger partial charge in [-0.05, 0) is 57.8 Å². The van der Waals surface area contributed by atoms with E-state index in [-0.39, 0.29) is 18.5 Å². The molecule has 0 radical (unpaired) electrons. The Morgan fingerprint density at radius 1 is 0.310 bits per heavy atom. The highest BCUT2D eigenvalue weighted by Crippen LogP contribution is 2.20. The fourth-order valence-electron chi connectivity index (χ4n) is 12.9. The van der Waals surface area contributed by atoms with Crippen LogP contribution in [0.2, 0.25) is 0 Å². The first-order chi connectivity index (χ1) is 43.0. The first kappa shape index (κ1) is 85.3. The monoisotopic (exact) mass is 1220 g/mol. The number of allylic oxidation sites excluding steroid dienone is 3. The van der Waals surface area contributed by atoms with Gasteiger partial charge in [-0.3, -0.25) is 9.59 Å². The fourth-order valence-corrected chi connectivity index (χ4v) is 12.9. The van der Waals surface area contributed by atoms with Gasteiger partial charge in [0.05, 0.1) is 25.4 Å². The van der Waals surface area contributed by atoms with Crippen molar-refractivity contribution in [3.8, 4) is 0 Å². The molecule has 6 nitrogen and oxygen atoms in total. The molecule has 0 saturated carbocycles. The van der Waals surface area contributed by atoms with Gasteiger partial charge < -0.3 is 20.3 Å². The minimum absolute atomic E-state index is 0.0133. The first-order valence-corrected chi connectivity index (χ1v) is 40.1. The molecule has 0 fully saturated rings. The van der Waals surface area contributed by atoms with Gasteiger partial charge >= 0.3 is 5.97 Å². The van der Waals surface area contributed by atoms with E-state index in [1.54, 1.807) is 6.08 Å². The van der Waals surface area contributed by atoms with E-state index in [1.165, 1.54) is 385 Å². The Morgan fingerprint density at radius 2 is 0.540 bits per heavy atom. The van der Waals surface area contributed by atoms with Crippen LogP contribution in [0, 0.1) is 0 Å². The zero-order valence-electron chi connectivity index (χ0n) is 59.3. The molecule has 3 N–H and O–H groups in total. The minimum Gasteiger partial charge on any atom is -0.466 e. The van der Waals surface area contributed by atoms with E-state index in [2.05, 4.69) is 31.3 Å². The number of unbranched alkanes of at least 4 members (excludes halogenated alkanes) is 63. The van der Waals surface area contributed by atoms with E-state index in [4.69, 9.17) is 4.74 Å². The number of nitrogens with one attached hydrogen (secondary N) is 1. The van der Waals surface area contributed by atoms with Gasteiger partial charge in [-0.2, -0.15) is 0 Å². The Morgan fingerprint density at radius 3 is 0.816 bits per heavy atom. The van der Waals surface area contributed by atoms with Crippen LogP contribution in [0.3, 0.4) is 0 Å².